The van der Waals surface area contributed by atoms with Crippen molar-refractivity contribution in [3.63, 3.8) is 0 Å². The Labute approximate surface area is 82.9 Å². The summed E-state index contributed by atoms with van der Waals surface area (Å²) in [5, 5.41) is 9.93. The van der Waals surface area contributed by atoms with Gasteiger partial charge in [-0.25, -0.2) is 0 Å². The van der Waals surface area contributed by atoms with Gasteiger partial charge in [-0.05, 0) is 33.2 Å². The molecular formula is C11H25NO. The van der Waals surface area contributed by atoms with Gasteiger partial charge in [0.05, 0.1) is 5.60 Å². The van der Waals surface area contributed by atoms with Gasteiger partial charge in [0.25, 0.3) is 0 Å². The summed E-state index contributed by atoms with van der Waals surface area (Å²) < 4.78 is 0. The third-order valence-electron chi connectivity index (χ3n) is 2.93. The lowest BCUT2D eigenvalue weighted by atomic mass is 10.0. The summed E-state index contributed by atoms with van der Waals surface area (Å²) in [5.74, 6) is 0. The van der Waals surface area contributed by atoms with Crippen molar-refractivity contribution in [2.75, 3.05) is 13.1 Å². The number of aliphatic hydroxyl groups is 1. The van der Waals surface area contributed by atoms with E-state index in [0.29, 0.717) is 6.04 Å². The zero-order valence-corrected chi connectivity index (χ0v) is 9.80. The van der Waals surface area contributed by atoms with Crippen LogP contribution in [0, 0.1) is 0 Å². The number of nitrogens with zero attached hydrogens (tertiary/aromatic N) is 1. The molecule has 0 spiro atoms. The van der Waals surface area contributed by atoms with Gasteiger partial charge in [0, 0.05) is 12.6 Å². The van der Waals surface area contributed by atoms with Crippen LogP contribution in [0.15, 0.2) is 0 Å². The molecule has 2 heteroatoms. The minimum atomic E-state index is -0.528. The van der Waals surface area contributed by atoms with Crippen LogP contribution < -0.4 is 0 Å². The summed E-state index contributed by atoms with van der Waals surface area (Å²) in [7, 11) is 0. The third-order valence-corrected chi connectivity index (χ3v) is 2.93. The molecule has 0 saturated heterocycles. The van der Waals surface area contributed by atoms with Gasteiger partial charge in [-0.15, -0.1) is 0 Å². The van der Waals surface area contributed by atoms with E-state index in [1.54, 1.807) is 0 Å². The summed E-state index contributed by atoms with van der Waals surface area (Å²) in [6.45, 7) is 12.3. The molecule has 0 heterocycles. The standard InChI is InChI=1S/C11H25NO/c1-6-10(4)12(8-3)9-11(5,13)7-2/h10,13H,6-9H2,1-5H3. The summed E-state index contributed by atoms with van der Waals surface area (Å²) in [4.78, 5) is 2.34. The summed E-state index contributed by atoms with van der Waals surface area (Å²) in [6.07, 6.45) is 1.97. The van der Waals surface area contributed by atoms with Gasteiger partial charge in [0.1, 0.15) is 0 Å². The topological polar surface area (TPSA) is 23.5 Å². The highest BCUT2D eigenvalue weighted by Crippen LogP contribution is 2.13. The average Bonchev–Trinajstić information content (AvgIpc) is 2.13. The maximum absolute atomic E-state index is 9.93. The SMILES string of the molecule is CCC(C)N(CC)CC(C)(O)CC. The van der Waals surface area contributed by atoms with Gasteiger partial charge < -0.3 is 5.11 Å². The Morgan fingerprint density at radius 1 is 1.31 bits per heavy atom. The van der Waals surface area contributed by atoms with Gasteiger partial charge in [-0.3, -0.25) is 4.90 Å². The molecule has 0 rings (SSSR count). The van der Waals surface area contributed by atoms with Crippen LogP contribution in [0.2, 0.25) is 0 Å². The first kappa shape index (κ1) is 12.9. The zero-order valence-electron chi connectivity index (χ0n) is 9.80. The van der Waals surface area contributed by atoms with E-state index < -0.39 is 5.60 Å². The lowest BCUT2D eigenvalue weighted by Gasteiger charge is -2.33. The molecule has 0 aliphatic rings. The van der Waals surface area contributed by atoms with Crippen LogP contribution in [-0.2, 0) is 0 Å². The van der Waals surface area contributed by atoms with Gasteiger partial charge in [-0.1, -0.05) is 20.8 Å². The Balaban J connectivity index is 4.11. The van der Waals surface area contributed by atoms with E-state index >= 15 is 0 Å². The fourth-order valence-electron chi connectivity index (χ4n) is 1.39. The van der Waals surface area contributed by atoms with Gasteiger partial charge >= 0.3 is 0 Å². The van der Waals surface area contributed by atoms with Crippen LogP contribution in [0.3, 0.4) is 0 Å². The fraction of sp³-hybridized carbons (Fsp3) is 1.00. The molecular weight excluding hydrogens is 162 g/mol. The predicted octanol–water partition coefficient (Wildman–Crippen LogP) is 2.27. The predicted molar refractivity (Wildman–Crippen MR) is 57.9 cm³/mol. The Kier molecular flexibility index (Phi) is 5.57. The van der Waals surface area contributed by atoms with Crippen LogP contribution in [-0.4, -0.2) is 34.7 Å². The second-order valence-electron chi connectivity index (χ2n) is 4.17. The first-order valence-electron chi connectivity index (χ1n) is 5.43. The summed E-state index contributed by atoms with van der Waals surface area (Å²) in [6, 6.07) is 0.572. The largest absolute Gasteiger partial charge is 0.389 e. The van der Waals surface area contributed by atoms with E-state index in [1.165, 1.54) is 0 Å². The maximum Gasteiger partial charge on any atom is 0.0743 e. The Bertz CT molecular complexity index is 134. The first-order chi connectivity index (χ1) is 5.96. The van der Waals surface area contributed by atoms with E-state index in [1.807, 2.05) is 13.8 Å². The monoisotopic (exact) mass is 187 g/mol. The summed E-state index contributed by atoms with van der Waals surface area (Å²) in [5.41, 5.74) is -0.528. The fourth-order valence-corrected chi connectivity index (χ4v) is 1.39. The molecule has 2 atom stereocenters. The highest BCUT2D eigenvalue weighted by atomic mass is 16.3. The zero-order chi connectivity index (χ0) is 10.5. The Morgan fingerprint density at radius 3 is 2.15 bits per heavy atom. The van der Waals surface area contributed by atoms with Crippen LogP contribution in [0.25, 0.3) is 0 Å². The van der Waals surface area contributed by atoms with Gasteiger partial charge in [0.2, 0.25) is 0 Å². The smallest absolute Gasteiger partial charge is 0.0743 e. The molecule has 0 bridgehead atoms. The highest BCUT2D eigenvalue weighted by molar-refractivity contribution is 4.77. The van der Waals surface area contributed by atoms with E-state index in [-0.39, 0.29) is 0 Å². The lowest BCUT2D eigenvalue weighted by Crippen LogP contribution is -2.44. The normalized spacial score (nSPS) is 18.7. The van der Waals surface area contributed by atoms with Crippen molar-refractivity contribution in [1.29, 1.82) is 0 Å². The first-order valence-corrected chi connectivity index (χ1v) is 5.43. The molecule has 0 saturated carbocycles. The van der Waals surface area contributed by atoms with E-state index in [0.717, 1.165) is 25.9 Å². The van der Waals surface area contributed by atoms with Crippen LogP contribution >= 0.6 is 0 Å². The Hall–Kier alpha value is -0.0800. The summed E-state index contributed by atoms with van der Waals surface area (Å²) >= 11 is 0. The Morgan fingerprint density at radius 2 is 1.85 bits per heavy atom. The van der Waals surface area contributed by atoms with Crippen molar-refractivity contribution in [2.24, 2.45) is 0 Å². The molecule has 0 fully saturated rings. The number of rotatable bonds is 6. The van der Waals surface area contributed by atoms with Crippen molar-refractivity contribution in [2.45, 2.75) is 59.1 Å². The molecule has 0 aliphatic carbocycles. The number of hydrogen-bond donors (Lipinski definition) is 1. The van der Waals surface area contributed by atoms with Crippen molar-refractivity contribution < 1.29 is 5.11 Å². The van der Waals surface area contributed by atoms with Crippen molar-refractivity contribution in [3.05, 3.63) is 0 Å². The minimum Gasteiger partial charge on any atom is -0.389 e. The van der Waals surface area contributed by atoms with Gasteiger partial charge in [0.15, 0.2) is 0 Å². The molecule has 2 unspecified atom stereocenters. The van der Waals surface area contributed by atoms with E-state index in [2.05, 4.69) is 25.7 Å². The second-order valence-corrected chi connectivity index (χ2v) is 4.17. The number of hydrogen-bond acceptors (Lipinski definition) is 2. The second kappa shape index (κ2) is 5.61. The van der Waals surface area contributed by atoms with E-state index in [9.17, 15) is 5.11 Å². The molecule has 0 amide bonds. The molecule has 0 radical (unpaired) electrons. The van der Waals surface area contributed by atoms with Gasteiger partial charge in [-0.2, -0.15) is 0 Å². The van der Waals surface area contributed by atoms with Crippen molar-refractivity contribution in [1.82, 2.24) is 4.90 Å². The van der Waals surface area contributed by atoms with Crippen molar-refractivity contribution in [3.8, 4) is 0 Å². The van der Waals surface area contributed by atoms with Crippen molar-refractivity contribution >= 4 is 0 Å². The third kappa shape index (κ3) is 4.63. The molecule has 1 N–H and O–H groups in total. The molecule has 0 aliphatic heterocycles. The molecule has 0 aromatic carbocycles. The van der Waals surface area contributed by atoms with Crippen LogP contribution in [0.4, 0.5) is 0 Å². The van der Waals surface area contributed by atoms with Crippen LogP contribution in [0.5, 0.6) is 0 Å². The van der Waals surface area contributed by atoms with Crippen LogP contribution in [0.1, 0.15) is 47.5 Å². The lowest BCUT2D eigenvalue weighted by molar-refractivity contribution is 0.00636. The number of likely N-dealkylation sites (N-methyl/N-ethyl adjacent to an activating group) is 1. The quantitative estimate of drug-likeness (QED) is 0.689. The molecule has 0 aromatic heterocycles. The highest BCUT2D eigenvalue weighted by Gasteiger charge is 2.23. The maximum atomic E-state index is 9.93. The minimum absolute atomic E-state index is 0.528. The average molecular weight is 187 g/mol. The molecule has 13 heavy (non-hydrogen) atoms. The molecule has 0 aromatic rings. The van der Waals surface area contributed by atoms with E-state index in [4.69, 9.17) is 0 Å². The molecule has 80 valence electrons. The molecule has 2 nitrogen and oxygen atoms in total.